The third-order valence-corrected chi connectivity index (χ3v) is 3.33. The van der Waals surface area contributed by atoms with Crippen molar-refractivity contribution in [3.8, 4) is 0 Å². The molecule has 0 aromatic carbocycles. The highest BCUT2D eigenvalue weighted by Crippen LogP contribution is 2.30. The van der Waals surface area contributed by atoms with E-state index in [-0.39, 0.29) is 29.3 Å². The molecule has 1 fully saturated rings. The lowest BCUT2D eigenvalue weighted by Crippen LogP contribution is -2.48. The molecule has 1 aliphatic heterocycles. The van der Waals surface area contributed by atoms with Crippen molar-refractivity contribution >= 4 is 17.5 Å². The molecule has 1 saturated heterocycles. The Morgan fingerprint density at radius 1 is 1.52 bits per heavy atom. The molecule has 2 heterocycles. The van der Waals surface area contributed by atoms with Crippen LogP contribution in [0, 0.1) is 10.1 Å². The van der Waals surface area contributed by atoms with Gasteiger partial charge in [-0.25, -0.2) is 9.78 Å². The number of pyridine rings is 1. The van der Waals surface area contributed by atoms with E-state index in [2.05, 4.69) is 9.72 Å². The van der Waals surface area contributed by atoms with Crippen molar-refractivity contribution in [3.05, 3.63) is 27.9 Å². The molecular formula is C13H17N3O5. The summed E-state index contributed by atoms with van der Waals surface area (Å²) in [5, 5.41) is 11.2. The van der Waals surface area contributed by atoms with Crippen LogP contribution in [-0.4, -0.2) is 48.3 Å². The smallest absolute Gasteiger partial charge is 0.356 e. The first kappa shape index (κ1) is 15.2. The normalized spacial score (nSPS) is 22.0. The summed E-state index contributed by atoms with van der Waals surface area (Å²) >= 11 is 0. The number of aromatic nitrogens is 1. The van der Waals surface area contributed by atoms with E-state index in [1.165, 1.54) is 19.2 Å². The number of nitrogens with zero attached hydrogens (tertiary/aromatic N) is 3. The van der Waals surface area contributed by atoms with Gasteiger partial charge < -0.3 is 14.4 Å². The van der Waals surface area contributed by atoms with Gasteiger partial charge in [-0.3, -0.25) is 10.1 Å². The maximum absolute atomic E-state index is 11.6. The molecular weight excluding hydrogens is 278 g/mol. The second-order valence-electron chi connectivity index (χ2n) is 4.93. The van der Waals surface area contributed by atoms with Crippen molar-refractivity contribution in [1.82, 2.24) is 4.98 Å². The number of hydrogen-bond acceptors (Lipinski definition) is 7. The summed E-state index contributed by atoms with van der Waals surface area (Å²) in [6, 6.07) is 2.50. The van der Waals surface area contributed by atoms with Crippen LogP contribution in [0.5, 0.6) is 0 Å². The second-order valence-corrected chi connectivity index (χ2v) is 4.93. The van der Waals surface area contributed by atoms with Crippen LogP contribution in [0.25, 0.3) is 0 Å². The van der Waals surface area contributed by atoms with Gasteiger partial charge in [0.15, 0.2) is 5.69 Å². The summed E-state index contributed by atoms with van der Waals surface area (Å²) < 4.78 is 10.1. The van der Waals surface area contributed by atoms with Gasteiger partial charge in [0.1, 0.15) is 0 Å². The third kappa shape index (κ3) is 3.10. The molecule has 2 atom stereocenters. The van der Waals surface area contributed by atoms with E-state index in [4.69, 9.17) is 4.74 Å². The molecule has 0 N–H and O–H groups in total. The Balaban J connectivity index is 2.47. The first-order valence-corrected chi connectivity index (χ1v) is 6.56. The molecule has 0 spiro atoms. The van der Waals surface area contributed by atoms with Gasteiger partial charge in [0.2, 0.25) is 5.82 Å². The number of ether oxygens (including phenoxy) is 2. The van der Waals surface area contributed by atoms with Crippen LogP contribution in [0.2, 0.25) is 0 Å². The fourth-order valence-electron chi connectivity index (χ4n) is 2.21. The minimum Gasteiger partial charge on any atom is -0.464 e. The Bertz CT molecular complexity index is 563. The number of nitro groups is 1. The Labute approximate surface area is 121 Å². The Morgan fingerprint density at radius 2 is 2.24 bits per heavy atom. The van der Waals surface area contributed by atoms with Gasteiger partial charge in [0.05, 0.1) is 30.8 Å². The van der Waals surface area contributed by atoms with Crippen LogP contribution in [0.3, 0.4) is 0 Å². The zero-order chi connectivity index (χ0) is 15.6. The Kier molecular flexibility index (Phi) is 4.37. The summed E-state index contributed by atoms with van der Waals surface area (Å²) in [4.78, 5) is 28.2. The summed E-state index contributed by atoms with van der Waals surface area (Å²) in [5.41, 5.74) is -0.0898. The summed E-state index contributed by atoms with van der Waals surface area (Å²) in [7, 11) is 1.24. The molecule has 0 aliphatic carbocycles. The number of rotatable bonds is 3. The van der Waals surface area contributed by atoms with Crippen molar-refractivity contribution in [1.29, 1.82) is 0 Å². The van der Waals surface area contributed by atoms with Gasteiger partial charge in [-0.05, 0) is 19.9 Å². The molecule has 8 heteroatoms. The quantitative estimate of drug-likeness (QED) is 0.472. The number of carbonyl (C=O) groups excluding carboxylic acids is 1. The van der Waals surface area contributed by atoms with Crippen LogP contribution >= 0.6 is 0 Å². The number of anilines is 1. The predicted molar refractivity (Wildman–Crippen MR) is 74.5 cm³/mol. The van der Waals surface area contributed by atoms with Gasteiger partial charge in [0.25, 0.3) is 0 Å². The fourth-order valence-corrected chi connectivity index (χ4v) is 2.21. The highest BCUT2D eigenvalue weighted by Gasteiger charge is 2.31. The van der Waals surface area contributed by atoms with Crippen molar-refractivity contribution in [2.24, 2.45) is 0 Å². The molecule has 1 aliphatic rings. The highest BCUT2D eigenvalue weighted by atomic mass is 16.6. The number of carbonyl (C=O) groups is 1. The predicted octanol–water partition coefficient (Wildman–Crippen LogP) is 1.39. The zero-order valence-electron chi connectivity index (χ0n) is 12.1. The number of morpholine rings is 1. The van der Waals surface area contributed by atoms with Gasteiger partial charge in [-0.2, -0.15) is 0 Å². The van der Waals surface area contributed by atoms with Crippen LogP contribution in [0.4, 0.5) is 11.5 Å². The van der Waals surface area contributed by atoms with Crippen molar-refractivity contribution in [2.75, 3.05) is 25.2 Å². The first-order valence-electron chi connectivity index (χ1n) is 6.56. The van der Waals surface area contributed by atoms with Gasteiger partial charge in [0, 0.05) is 12.6 Å². The van der Waals surface area contributed by atoms with E-state index < -0.39 is 10.9 Å². The lowest BCUT2D eigenvalue weighted by molar-refractivity contribution is -0.384. The third-order valence-electron chi connectivity index (χ3n) is 3.33. The van der Waals surface area contributed by atoms with Crippen LogP contribution in [0.15, 0.2) is 12.1 Å². The fraction of sp³-hybridized carbons (Fsp3) is 0.538. The molecule has 0 saturated carbocycles. The molecule has 1 aromatic rings. The average molecular weight is 295 g/mol. The SMILES string of the molecule is COC(=O)c1ccc([N+](=O)[O-])c(N2CC(C)OCC2C)n1. The van der Waals surface area contributed by atoms with Gasteiger partial charge in [-0.1, -0.05) is 0 Å². The zero-order valence-corrected chi connectivity index (χ0v) is 12.1. The molecule has 0 bridgehead atoms. The van der Waals surface area contributed by atoms with Gasteiger partial charge in [-0.15, -0.1) is 0 Å². The lowest BCUT2D eigenvalue weighted by atomic mass is 10.2. The molecule has 21 heavy (non-hydrogen) atoms. The maximum atomic E-state index is 11.6. The molecule has 0 radical (unpaired) electrons. The molecule has 2 unspecified atom stereocenters. The van der Waals surface area contributed by atoms with Crippen molar-refractivity contribution < 1.29 is 19.2 Å². The largest absolute Gasteiger partial charge is 0.464 e. The number of hydrogen-bond donors (Lipinski definition) is 0. The van der Waals surface area contributed by atoms with Crippen LogP contribution in [0.1, 0.15) is 24.3 Å². The minimum absolute atomic E-state index is 0.0458. The standard InChI is InChI=1S/C13H17N3O5/c1-8-7-21-9(2)6-15(8)12-11(16(18)19)5-4-10(14-12)13(17)20-3/h4-5,8-9H,6-7H2,1-3H3. The van der Waals surface area contributed by atoms with Crippen molar-refractivity contribution in [2.45, 2.75) is 26.0 Å². The van der Waals surface area contributed by atoms with E-state index in [9.17, 15) is 14.9 Å². The van der Waals surface area contributed by atoms with E-state index in [1.807, 2.05) is 13.8 Å². The lowest BCUT2D eigenvalue weighted by Gasteiger charge is -2.37. The van der Waals surface area contributed by atoms with Gasteiger partial charge >= 0.3 is 11.7 Å². The van der Waals surface area contributed by atoms with Crippen molar-refractivity contribution in [3.63, 3.8) is 0 Å². The first-order chi connectivity index (χ1) is 9.93. The molecule has 114 valence electrons. The summed E-state index contributed by atoms with van der Waals surface area (Å²) in [6.07, 6.45) is -0.0654. The molecule has 2 rings (SSSR count). The monoisotopic (exact) mass is 295 g/mol. The Hall–Kier alpha value is -2.22. The van der Waals surface area contributed by atoms with Crippen LogP contribution < -0.4 is 4.90 Å². The number of esters is 1. The molecule has 0 amide bonds. The topological polar surface area (TPSA) is 94.8 Å². The highest BCUT2D eigenvalue weighted by molar-refractivity contribution is 5.88. The Morgan fingerprint density at radius 3 is 2.86 bits per heavy atom. The van der Waals surface area contributed by atoms with E-state index >= 15 is 0 Å². The molecule has 8 nitrogen and oxygen atoms in total. The minimum atomic E-state index is -0.625. The summed E-state index contributed by atoms with van der Waals surface area (Å²) in [5.74, 6) is -0.453. The van der Waals surface area contributed by atoms with E-state index in [0.29, 0.717) is 13.2 Å². The van der Waals surface area contributed by atoms with E-state index in [1.54, 1.807) is 4.90 Å². The van der Waals surface area contributed by atoms with E-state index in [0.717, 1.165) is 0 Å². The molecule has 1 aromatic heterocycles. The maximum Gasteiger partial charge on any atom is 0.356 e. The van der Waals surface area contributed by atoms with Crippen LogP contribution in [-0.2, 0) is 9.47 Å². The summed E-state index contributed by atoms with van der Waals surface area (Å²) in [6.45, 7) is 4.69. The number of methoxy groups -OCH3 is 1. The average Bonchev–Trinajstić information content (AvgIpc) is 2.48. The second kappa shape index (κ2) is 6.04.